The van der Waals surface area contributed by atoms with E-state index in [1.807, 2.05) is 12.1 Å². The van der Waals surface area contributed by atoms with Crippen LogP contribution in [0.3, 0.4) is 0 Å². The third kappa shape index (κ3) is 3.99. The number of hydrogen-bond donors (Lipinski definition) is 1. The zero-order valence-electron chi connectivity index (χ0n) is 12.4. The molecule has 0 radical (unpaired) electrons. The molecule has 2 heteroatoms. The maximum atomic E-state index is 11.7. The van der Waals surface area contributed by atoms with Crippen molar-refractivity contribution < 1.29 is 4.79 Å². The molecule has 0 saturated heterocycles. The lowest BCUT2D eigenvalue weighted by atomic mass is 9.89. The van der Waals surface area contributed by atoms with E-state index in [-0.39, 0.29) is 11.7 Å². The lowest BCUT2D eigenvalue weighted by molar-refractivity contribution is -0.120. The van der Waals surface area contributed by atoms with Gasteiger partial charge in [0.15, 0.2) is 0 Å². The molecule has 0 aliphatic carbocycles. The van der Waals surface area contributed by atoms with Gasteiger partial charge in [0.1, 0.15) is 5.78 Å². The molecular formula is C18H23NO. The SMILES string of the molecule is C#Cc1cc(C[C@@H](CCCC)C(C)=O)cc(C=C)c1N. The Labute approximate surface area is 122 Å². The van der Waals surface area contributed by atoms with Crippen molar-refractivity contribution in [3.05, 3.63) is 35.4 Å². The van der Waals surface area contributed by atoms with Crippen LogP contribution in [0.2, 0.25) is 0 Å². The normalized spacial score (nSPS) is 11.7. The monoisotopic (exact) mass is 269 g/mol. The summed E-state index contributed by atoms with van der Waals surface area (Å²) in [6.45, 7) is 7.55. The predicted octanol–water partition coefficient (Wildman–Crippen LogP) is 3.83. The minimum atomic E-state index is 0.0573. The highest BCUT2D eigenvalue weighted by Gasteiger charge is 2.15. The average molecular weight is 269 g/mol. The highest BCUT2D eigenvalue weighted by Crippen LogP contribution is 2.24. The molecule has 106 valence electrons. The van der Waals surface area contributed by atoms with Crippen molar-refractivity contribution in [1.29, 1.82) is 0 Å². The van der Waals surface area contributed by atoms with Crippen LogP contribution in [0.15, 0.2) is 18.7 Å². The molecule has 1 rings (SSSR count). The standard InChI is InChI=1S/C18H23NO/c1-5-8-9-17(13(4)20)12-14-10-15(6-2)18(19)16(7-3)11-14/h2,7,10-11,17H,3,5,8-9,12,19H2,1,4H3/t17-/m1/s1. The minimum Gasteiger partial charge on any atom is -0.397 e. The maximum absolute atomic E-state index is 11.7. The van der Waals surface area contributed by atoms with E-state index in [9.17, 15) is 4.79 Å². The second-order valence-corrected chi connectivity index (χ2v) is 5.15. The molecule has 20 heavy (non-hydrogen) atoms. The Morgan fingerprint density at radius 2 is 2.25 bits per heavy atom. The van der Waals surface area contributed by atoms with E-state index in [0.717, 1.165) is 30.4 Å². The molecule has 0 spiro atoms. The van der Waals surface area contributed by atoms with Crippen molar-refractivity contribution in [3.8, 4) is 12.3 Å². The summed E-state index contributed by atoms with van der Waals surface area (Å²) in [5, 5.41) is 0. The van der Waals surface area contributed by atoms with Crippen LogP contribution >= 0.6 is 0 Å². The number of anilines is 1. The number of Topliss-reactive ketones (excluding diaryl/α,β-unsaturated/α-hetero) is 1. The summed E-state index contributed by atoms with van der Waals surface area (Å²) in [5.74, 6) is 2.89. The molecule has 0 amide bonds. The summed E-state index contributed by atoms with van der Waals surface area (Å²) in [6.07, 6.45) is 11.0. The fraction of sp³-hybridized carbons (Fsp3) is 0.389. The van der Waals surface area contributed by atoms with Gasteiger partial charge in [-0.05, 0) is 43.0 Å². The van der Waals surface area contributed by atoms with Gasteiger partial charge in [-0.2, -0.15) is 0 Å². The first-order chi connectivity index (χ1) is 9.53. The summed E-state index contributed by atoms with van der Waals surface area (Å²) in [7, 11) is 0. The van der Waals surface area contributed by atoms with Crippen LogP contribution in [-0.2, 0) is 11.2 Å². The van der Waals surface area contributed by atoms with Crippen molar-refractivity contribution in [2.75, 3.05) is 5.73 Å². The number of unbranched alkanes of at least 4 members (excludes halogenated alkanes) is 1. The quantitative estimate of drug-likeness (QED) is 0.604. The average Bonchev–Trinajstić information content (AvgIpc) is 2.44. The number of ketones is 1. The van der Waals surface area contributed by atoms with Crippen molar-refractivity contribution in [3.63, 3.8) is 0 Å². The minimum absolute atomic E-state index is 0.0573. The molecule has 2 N–H and O–H groups in total. The second-order valence-electron chi connectivity index (χ2n) is 5.15. The second kappa shape index (κ2) is 7.55. The number of nitrogen functional groups attached to an aromatic ring is 1. The van der Waals surface area contributed by atoms with Gasteiger partial charge in [-0.3, -0.25) is 4.79 Å². The first-order valence-electron chi connectivity index (χ1n) is 7.05. The summed E-state index contributed by atoms with van der Waals surface area (Å²) < 4.78 is 0. The van der Waals surface area contributed by atoms with E-state index in [1.54, 1.807) is 13.0 Å². The zero-order chi connectivity index (χ0) is 15.1. The van der Waals surface area contributed by atoms with Crippen LogP contribution in [0.5, 0.6) is 0 Å². The van der Waals surface area contributed by atoms with Gasteiger partial charge in [-0.25, -0.2) is 0 Å². The Morgan fingerprint density at radius 3 is 2.75 bits per heavy atom. The topological polar surface area (TPSA) is 43.1 Å². The molecule has 1 aromatic rings. The van der Waals surface area contributed by atoms with Gasteiger partial charge in [0, 0.05) is 11.5 Å². The maximum Gasteiger partial charge on any atom is 0.133 e. The van der Waals surface area contributed by atoms with Gasteiger partial charge in [0.2, 0.25) is 0 Å². The Hall–Kier alpha value is -2.01. The number of benzene rings is 1. The number of hydrogen-bond acceptors (Lipinski definition) is 2. The smallest absolute Gasteiger partial charge is 0.133 e. The molecule has 1 atom stereocenters. The van der Waals surface area contributed by atoms with Crippen molar-refractivity contribution in [1.82, 2.24) is 0 Å². The van der Waals surface area contributed by atoms with E-state index < -0.39 is 0 Å². The summed E-state index contributed by atoms with van der Waals surface area (Å²) in [6, 6.07) is 3.88. The van der Waals surface area contributed by atoms with Gasteiger partial charge in [0.05, 0.1) is 5.69 Å². The largest absolute Gasteiger partial charge is 0.397 e. The van der Waals surface area contributed by atoms with E-state index in [2.05, 4.69) is 19.4 Å². The van der Waals surface area contributed by atoms with E-state index in [0.29, 0.717) is 17.7 Å². The fourth-order valence-corrected chi connectivity index (χ4v) is 2.33. The lowest BCUT2D eigenvalue weighted by Crippen LogP contribution is -2.14. The molecule has 0 aromatic heterocycles. The molecule has 0 fully saturated rings. The third-order valence-corrected chi connectivity index (χ3v) is 3.61. The number of carbonyl (C=O) groups excluding carboxylic acids is 1. The number of nitrogens with two attached hydrogens (primary N) is 1. The van der Waals surface area contributed by atoms with Crippen LogP contribution in [0.1, 0.15) is 49.8 Å². The lowest BCUT2D eigenvalue weighted by Gasteiger charge is -2.15. The number of rotatable bonds is 7. The first kappa shape index (κ1) is 16.0. The Morgan fingerprint density at radius 1 is 1.55 bits per heavy atom. The van der Waals surface area contributed by atoms with Gasteiger partial charge >= 0.3 is 0 Å². The third-order valence-electron chi connectivity index (χ3n) is 3.61. The number of carbonyl (C=O) groups is 1. The Bertz CT molecular complexity index is 537. The molecule has 2 nitrogen and oxygen atoms in total. The van der Waals surface area contributed by atoms with Crippen LogP contribution in [0, 0.1) is 18.3 Å². The van der Waals surface area contributed by atoms with Gasteiger partial charge in [-0.1, -0.05) is 38.3 Å². The van der Waals surface area contributed by atoms with Gasteiger partial charge in [-0.15, -0.1) is 6.42 Å². The van der Waals surface area contributed by atoms with E-state index >= 15 is 0 Å². The Balaban J connectivity index is 3.04. The zero-order valence-corrected chi connectivity index (χ0v) is 12.4. The molecular weight excluding hydrogens is 246 g/mol. The van der Waals surface area contributed by atoms with Crippen molar-refractivity contribution >= 4 is 17.5 Å². The summed E-state index contributed by atoms with van der Waals surface area (Å²) >= 11 is 0. The van der Waals surface area contributed by atoms with Crippen molar-refractivity contribution in [2.24, 2.45) is 5.92 Å². The molecule has 0 unspecified atom stereocenters. The molecule has 0 aliphatic heterocycles. The predicted molar refractivity (Wildman–Crippen MR) is 86.3 cm³/mol. The number of terminal acetylenes is 1. The van der Waals surface area contributed by atoms with Gasteiger partial charge in [0.25, 0.3) is 0 Å². The fourth-order valence-electron chi connectivity index (χ4n) is 2.33. The van der Waals surface area contributed by atoms with Crippen LogP contribution < -0.4 is 5.73 Å². The molecule has 1 aromatic carbocycles. The summed E-state index contributed by atoms with van der Waals surface area (Å²) in [4.78, 5) is 11.7. The van der Waals surface area contributed by atoms with Crippen LogP contribution in [-0.4, -0.2) is 5.78 Å². The van der Waals surface area contributed by atoms with Gasteiger partial charge < -0.3 is 5.73 Å². The highest BCUT2D eigenvalue weighted by molar-refractivity contribution is 5.79. The molecule has 0 aliphatic rings. The molecule has 0 heterocycles. The van der Waals surface area contributed by atoms with Crippen molar-refractivity contribution in [2.45, 2.75) is 39.5 Å². The van der Waals surface area contributed by atoms with Crippen LogP contribution in [0.4, 0.5) is 5.69 Å². The van der Waals surface area contributed by atoms with Crippen LogP contribution in [0.25, 0.3) is 6.08 Å². The van der Waals surface area contributed by atoms with E-state index in [1.165, 1.54) is 0 Å². The Kier molecular flexibility index (Phi) is 6.06. The van der Waals surface area contributed by atoms with E-state index in [4.69, 9.17) is 12.2 Å². The highest BCUT2D eigenvalue weighted by atomic mass is 16.1. The summed E-state index contributed by atoms with van der Waals surface area (Å²) in [5.41, 5.74) is 9.12. The molecule has 0 bridgehead atoms. The molecule has 0 saturated carbocycles. The first-order valence-corrected chi connectivity index (χ1v) is 7.05.